The molecule has 0 aliphatic heterocycles. The number of hydrogen-bond donors (Lipinski definition) is 1. The Labute approximate surface area is 125 Å². The van der Waals surface area contributed by atoms with Gasteiger partial charge in [-0.15, -0.1) is 0 Å². The Balaban J connectivity index is 1.76. The second-order valence-corrected chi connectivity index (χ2v) is 6.82. The van der Waals surface area contributed by atoms with Crippen LogP contribution in [0, 0.1) is 5.92 Å². The van der Waals surface area contributed by atoms with E-state index in [-0.39, 0.29) is 0 Å². The summed E-state index contributed by atoms with van der Waals surface area (Å²) in [5, 5.41) is 5.04. The molecule has 0 amide bonds. The third kappa shape index (κ3) is 3.45. The molecule has 1 aromatic carbocycles. The van der Waals surface area contributed by atoms with Gasteiger partial charge in [-0.25, -0.2) is 0 Å². The maximum absolute atomic E-state index is 6.19. The first-order valence-corrected chi connectivity index (χ1v) is 8.18. The van der Waals surface area contributed by atoms with Gasteiger partial charge in [0.05, 0.1) is 10.0 Å². The molecule has 0 radical (unpaired) electrons. The summed E-state index contributed by atoms with van der Waals surface area (Å²) < 4.78 is 0. The van der Waals surface area contributed by atoms with Gasteiger partial charge in [0.1, 0.15) is 0 Å². The SMILES string of the molecule is Clc1ccc(C(CNC2CC2)C2CCCC2)cc1Cl. The standard InChI is InChI=1S/C16H21Cl2N/c17-15-8-5-12(9-16(15)18)14(10-19-13-6-7-13)11-3-1-2-4-11/h5,8-9,11,13-14,19H,1-4,6-7,10H2. The number of nitrogens with one attached hydrogen (secondary N) is 1. The van der Waals surface area contributed by atoms with Crippen LogP contribution in [0.1, 0.15) is 50.0 Å². The summed E-state index contributed by atoms with van der Waals surface area (Å²) in [4.78, 5) is 0. The molecule has 3 heteroatoms. The van der Waals surface area contributed by atoms with Gasteiger partial charge in [0.25, 0.3) is 0 Å². The fourth-order valence-electron chi connectivity index (χ4n) is 3.24. The molecule has 2 fully saturated rings. The highest BCUT2D eigenvalue weighted by Crippen LogP contribution is 2.39. The molecule has 1 nitrogen and oxygen atoms in total. The first-order valence-electron chi connectivity index (χ1n) is 7.42. The lowest BCUT2D eigenvalue weighted by Crippen LogP contribution is -2.27. The van der Waals surface area contributed by atoms with Crippen LogP contribution in [-0.2, 0) is 0 Å². The van der Waals surface area contributed by atoms with Crippen molar-refractivity contribution in [3.8, 4) is 0 Å². The summed E-state index contributed by atoms with van der Waals surface area (Å²) in [6.45, 7) is 1.09. The van der Waals surface area contributed by atoms with Gasteiger partial charge in [-0.1, -0.05) is 42.1 Å². The van der Waals surface area contributed by atoms with E-state index in [0.717, 1.165) is 18.5 Å². The van der Waals surface area contributed by atoms with E-state index in [9.17, 15) is 0 Å². The molecular formula is C16H21Cl2N. The minimum Gasteiger partial charge on any atom is -0.313 e. The van der Waals surface area contributed by atoms with Gasteiger partial charge in [-0.05, 0) is 55.2 Å². The summed E-state index contributed by atoms with van der Waals surface area (Å²) in [5.41, 5.74) is 1.36. The van der Waals surface area contributed by atoms with Crippen molar-refractivity contribution in [3.63, 3.8) is 0 Å². The zero-order valence-electron chi connectivity index (χ0n) is 11.2. The topological polar surface area (TPSA) is 12.0 Å². The van der Waals surface area contributed by atoms with E-state index in [1.165, 1.54) is 44.1 Å². The maximum Gasteiger partial charge on any atom is 0.0595 e. The van der Waals surface area contributed by atoms with Crippen molar-refractivity contribution in [2.45, 2.75) is 50.5 Å². The molecule has 104 valence electrons. The fourth-order valence-corrected chi connectivity index (χ4v) is 3.55. The van der Waals surface area contributed by atoms with E-state index in [2.05, 4.69) is 17.4 Å². The molecule has 19 heavy (non-hydrogen) atoms. The minimum absolute atomic E-state index is 0.595. The predicted octanol–water partition coefficient (Wildman–Crippen LogP) is 5.02. The predicted molar refractivity (Wildman–Crippen MR) is 82.2 cm³/mol. The lowest BCUT2D eigenvalue weighted by molar-refractivity contribution is 0.410. The average Bonchev–Trinajstić information content (AvgIpc) is 3.07. The van der Waals surface area contributed by atoms with Crippen molar-refractivity contribution in [3.05, 3.63) is 33.8 Å². The van der Waals surface area contributed by atoms with Gasteiger partial charge in [-0.3, -0.25) is 0 Å². The lowest BCUT2D eigenvalue weighted by atomic mass is 9.84. The van der Waals surface area contributed by atoms with E-state index >= 15 is 0 Å². The first kappa shape index (κ1) is 13.7. The Morgan fingerprint density at radius 1 is 1.05 bits per heavy atom. The molecule has 2 aliphatic rings. The van der Waals surface area contributed by atoms with Crippen molar-refractivity contribution in [2.75, 3.05) is 6.54 Å². The summed E-state index contributed by atoms with van der Waals surface area (Å²) in [5.74, 6) is 1.40. The third-order valence-electron chi connectivity index (χ3n) is 4.54. The van der Waals surface area contributed by atoms with Gasteiger partial charge in [0.15, 0.2) is 0 Å². The molecular weight excluding hydrogens is 277 g/mol. The molecule has 1 aromatic rings. The molecule has 0 saturated heterocycles. The van der Waals surface area contributed by atoms with E-state index in [1.54, 1.807) is 0 Å². The smallest absolute Gasteiger partial charge is 0.0595 e. The molecule has 2 saturated carbocycles. The van der Waals surface area contributed by atoms with Crippen molar-refractivity contribution in [1.29, 1.82) is 0 Å². The molecule has 3 rings (SSSR count). The quantitative estimate of drug-likeness (QED) is 0.805. The highest BCUT2D eigenvalue weighted by molar-refractivity contribution is 6.42. The van der Waals surface area contributed by atoms with E-state index in [1.807, 2.05) is 6.07 Å². The van der Waals surface area contributed by atoms with Crippen molar-refractivity contribution < 1.29 is 0 Å². The molecule has 0 heterocycles. The third-order valence-corrected chi connectivity index (χ3v) is 5.28. The van der Waals surface area contributed by atoms with Crippen LogP contribution in [0.2, 0.25) is 10.0 Å². The summed E-state index contributed by atoms with van der Waals surface area (Å²) in [6, 6.07) is 6.94. The second kappa shape index (κ2) is 6.03. The Morgan fingerprint density at radius 3 is 2.42 bits per heavy atom. The van der Waals surface area contributed by atoms with Gasteiger partial charge in [0, 0.05) is 12.6 Å². The van der Waals surface area contributed by atoms with Crippen molar-refractivity contribution in [1.82, 2.24) is 5.32 Å². The highest BCUT2D eigenvalue weighted by Gasteiger charge is 2.29. The van der Waals surface area contributed by atoms with Crippen LogP contribution in [0.5, 0.6) is 0 Å². The van der Waals surface area contributed by atoms with Gasteiger partial charge in [-0.2, -0.15) is 0 Å². The Morgan fingerprint density at radius 2 is 1.79 bits per heavy atom. The van der Waals surface area contributed by atoms with E-state index in [0.29, 0.717) is 16.0 Å². The largest absolute Gasteiger partial charge is 0.313 e. The van der Waals surface area contributed by atoms with Crippen LogP contribution in [-0.4, -0.2) is 12.6 Å². The first-order chi connectivity index (χ1) is 9.24. The van der Waals surface area contributed by atoms with Crippen LogP contribution >= 0.6 is 23.2 Å². The number of halogens is 2. The minimum atomic E-state index is 0.595. The van der Waals surface area contributed by atoms with Gasteiger partial charge < -0.3 is 5.32 Å². The van der Waals surface area contributed by atoms with Gasteiger partial charge in [0.2, 0.25) is 0 Å². The van der Waals surface area contributed by atoms with Crippen molar-refractivity contribution in [2.24, 2.45) is 5.92 Å². The Kier molecular flexibility index (Phi) is 4.36. The normalized spacial score (nSPS) is 21.8. The zero-order chi connectivity index (χ0) is 13.2. The Bertz CT molecular complexity index is 436. The molecule has 1 unspecified atom stereocenters. The molecule has 0 spiro atoms. The molecule has 2 aliphatic carbocycles. The second-order valence-electron chi connectivity index (χ2n) is 6.01. The van der Waals surface area contributed by atoms with Gasteiger partial charge >= 0.3 is 0 Å². The number of rotatable bonds is 5. The van der Waals surface area contributed by atoms with Crippen LogP contribution in [0.15, 0.2) is 18.2 Å². The highest BCUT2D eigenvalue weighted by atomic mass is 35.5. The van der Waals surface area contributed by atoms with Crippen LogP contribution in [0.25, 0.3) is 0 Å². The fraction of sp³-hybridized carbons (Fsp3) is 0.625. The lowest BCUT2D eigenvalue weighted by Gasteiger charge is -2.25. The Hall–Kier alpha value is -0.240. The summed E-state index contributed by atoms with van der Waals surface area (Å²) >= 11 is 12.2. The van der Waals surface area contributed by atoms with Crippen LogP contribution in [0.3, 0.4) is 0 Å². The summed E-state index contributed by atoms with van der Waals surface area (Å²) in [6.07, 6.45) is 8.17. The monoisotopic (exact) mass is 297 g/mol. The van der Waals surface area contributed by atoms with Crippen molar-refractivity contribution >= 4 is 23.2 Å². The molecule has 0 bridgehead atoms. The summed E-state index contributed by atoms with van der Waals surface area (Å²) in [7, 11) is 0. The average molecular weight is 298 g/mol. The van der Waals surface area contributed by atoms with Crippen LogP contribution < -0.4 is 5.32 Å². The number of hydrogen-bond acceptors (Lipinski definition) is 1. The molecule has 1 N–H and O–H groups in total. The molecule has 0 aromatic heterocycles. The maximum atomic E-state index is 6.19. The number of benzene rings is 1. The molecule has 1 atom stereocenters. The van der Waals surface area contributed by atoms with E-state index < -0.39 is 0 Å². The zero-order valence-corrected chi connectivity index (χ0v) is 12.7. The van der Waals surface area contributed by atoms with Crippen LogP contribution in [0.4, 0.5) is 0 Å². The van der Waals surface area contributed by atoms with E-state index in [4.69, 9.17) is 23.2 Å².